The molecule has 1 aliphatic rings. The smallest absolute Gasteiger partial charge is 0.234 e. The van der Waals surface area contributed by atoms with Crippen molar-refractivity contribution in [2.75, 3.05) is 38.3 Å². The van der Waals surface area contributed by atoms with Crippen molar-refractivity contribution in [3.8, 4) is 5.75 Å². The molecule has 0 spiro atoms. The van der Waals surface area contributed by atoms with Crippen molar-refractivity contribution in [1.29, 1.82) is 0 Å². The van der Waals surface area contributed by atoms with Gasteiger partial charge in [-0.2, -0.15) is 4.98 Å². The topological polar surface area (TPSA) is 98.0 Å². The number of hydrogen-bond acceptors (Lipinski definition) is 7. The minimum absolute atomic E-state index is 0.00707. The largest absolute Gasteiger partial charge is 0.495 e. The number of benzene rings is 1. The number of rotatable bonds is 7. The van der Waals surface area contributed by atoms with E-state index in [1.807, 2.05) is 25.1 Å². The molecule has 3 rings (SSSR count). The average Bonchev–Trinajstić information content (AvgIpc) is 3.19. The van der Waals surface area contributed by atoms with Crippen LogP contribution in [0.4, 0.5) is 5.69 Å². The Balaban J connectivity index is 1.83. The van der Waals surface area contributed by atoms with Gasteiger partial charge in [-0.15, -0.1) is 0 Å². The van der Waals surface area contributed by atoms with Gasteiger partial charge >= 0.3 is 0 Å². The molecule has 0 saturated carbocycles. The minimum atomic E-state index is -0.307. The lowest BCUT2D eigenvalue weighted by Crippen LogP contribution is -2.50. The Morgan fingerprint density at radius 1 is 1.34 bits per heavy atom. The Kier molecular flexibility index (Phi) is 6.82. The summed E-state index contributed by atoms with van der Waals surface area (Å²) in [6.45, 7) is 5.13. The Morgan fingerprint density at radius 3 is 2.83 bits per heavy atom. The molecule has 1 aromatic carbocycles. The zero-order chi connectivity index (χ0) is 20.8. The molecular weight excluding hydrogens is 376 g/mol. The van der Waals surface area contributed by atoms with Crippen molar-refractivity contribution < 1.29 is 23.6 Å². The Morgan fingerprint density at radius 2 is 2.14 bits per heavy atom. The minimum Gasteiger partial charge on any atom is -0.495 e. The van der Waals surface area contributed by atoms with Gasteiger partial charge < -0.3 is 23.8 Å². The first-order valence-electron chi connectivity index (χ1n) is 9.63. The summed E-state index contributed by atoms with van der Waals surface area (Å²) in [6.07, 6.45) is 0.289. The number of ether oxygens (including phenoxy) is 2. The summed E-state index contributed by atoms with van der Waals surface area (Å²) in [5.41, 5.74) is 0.628. The molecule has 1 aliphatic heterocycles. The van der Waals surface area contributed by atoms with Crippen molar-refractivity contribution in [2.24, 2.45) is 0 Å². The molecule has 29 heavy (non-hydrogen) atoms. The lowest BCUT2D eigenvalue weighted by molar-refractivity contribution is -0.136. The lowest BCUT2D eigenvalue weighted by atomic mass is 10.2. The van der Waals surface area contributed by atoms with Crippen molar-refractivity contribution in [1.82, 2.24) is 15.0 Å². The van der Waals surface area contributed by atoms with Gasteiger partial charge in [0.15, 0.2) is 5.82 Å². The Hall–Kier alpha value is -2.94. The zero-order valence-electron chi connectivity index (χ0n) is 17.0. The molecule has 2 amide bonds. The van der Waals surface area contributed by atoms with Crippen LogP contribution in [0, 0.1) is 0 Å². The summed E-state index contributed by atoms with van der Waals surface area (Å²) in [4.78, 5) is 32.5. The molecule has 1 atom stereocenters. The SMILES string of the molecule is CCc1nc(CC(=O)N(CC2CN(C(C)=O)CCO2)c2ccccc2OC)no1. The number of morpholine rings is 1. The number of para-hydroxylation sites is 2. The number of carbonyl (C=O) groups is 2. The third kappa shape index (κ3) is 5.11. The second-order valence-electron chi connectivity index (χ2n) is 6.77. The van der Waals surface area contributed by atoms with Gasteiger partial charge in [0.2, 0.25) is 17.7 Å². The van der Waals surface area contributed by atoms with Crippen LogP contribution in [0.1, 0.15) is 25.6 Å². The molecule has 0 bridgehead atoms. The molecule has 156 valence electrons. The van der Waals surface area contributed by atoms with Crippen LogP contribution in [-0.2, 0) is 27.2 Å². The van der Waals surface area contributed by atoms with Crippen molar-refractivity contribution in [3.63, 3.8) is 0 Å². The van der Waals surface area contributed by atoms with Crippen molar-refractivity contribution in [2.45, 2.75) is 32.8 Å². The van der Waals surface area contributed by atoms with E-state index in [1.165, 1.54) is 6.92 Å². The van der Waals surface area contributed by atoms with Gasteiger partial charge in [-0.25, -0.2) is 0 Å². The Bertz CT molecular complexity index is 853. The van der Waals surface area contributed by atoms with E-state index in [-0.39, 0.29) is 30.9 Å². The first-order chi connectivity index (χ1) is 14.0. The van der Waals surface area contributed by atoms with Crippen LogP contribution < -0.4 is 9.64 Å². The highest BCUT2D eigenvalue weighted by molar-refractivity contribution is 5.95. The van der Waals surface area contributed by atoms with Crippen LogP contribution in [0.5, 0.6) is 5.75 Å². The van der Waals surface area contributed by atoms with Crippen LogP contribution in [0.2, 0.25) is 0 Å². The Labute approximate surface area is 169 Å². The van der Waals surface area contributed by atoms with E-state index in [1.54, 1.807) is 23.0 Å². The van der Waals surface area contributed by atoms with Gasteiger partial charge in [0, 0.05) is 26.4 Å². The number of nitrogens with zero attached hydrogens (tertiary/aromatic N) is 4. The summed E-state index contributed by atoms with van der Waals surface area (Å²) < 4.78 is 16.4. The number of aromatic nitrogens is 2. The summed E-state index contributed by atoms with van der Waals surface area (Å²) in [5.74, 6) is 1.18. The van der Waals surface area contributed by atoms with Crippen LogP contribution in [-0.4, -0.2) is 66.3 Å². The first-order valence-corrected chi connectivity index (χ1v) is 9.63. The van der Waals surface area contributed by atoms with E-state index < -0.39 is 0 Å². The number of methoxy groups -OCH3 is 1. The molecule has 0 N–H and O–H groups in total. The number of aryl methyl sites for hydroxylation is 1. The van der Waals surface area contributed by atoms with Crippen LogP contribution in [0.3, 0.4) is 0 Å². The normalized spacial score (nSPS) is 16.5. The monoisotopic (exact) mass is 402 g/mol. The fourth-order valence-electron chi connectivity index (χ4n) is 3.24. The highest BCUT2D eigenvalue weighted by Crippen LogP contribution is 2.29. The van der Waals surface area contributed by atoms with Crippen LogP contribution >= 0.6 is 0 Å². The maximum atomic E-state index is 13.2. The van der Waals surface area contributed by atoms with E-state index in [0.29, 0.717) is 49.3 Å². The van der Waals surface area contributed by atoms with Gasteiger partial charge in [-0.3, -0.25) is 9.59 Å². The van der Waals surface area contributed by atoms with E-state index in [0.717, 1.165) is 0 Å². The third-order valence-electron chi connectivity index (χ3n) is 4.77. The highest BCUT2D eigenvalue weighted by Gasteiger charge is 2.29. The standard InChI is InChI=1S/C20H26N4O5/c1-4-19-21-18(22-29-19)11-20(26)24(16-7-5-6-8-17(16)27-3)13-15-12-23(14(2)25)9-10-28-15/h5-8,15H,4,9-13H2,1-3H3. The molecule has 1 aromatic heterocycles. The molecule has 9 heteroatoms. The third-order valence-corrected chi connectivity index (χ3v) is 4.77. The van der Waals surface area contributed by atoms with Gasteiger partial charge in [0.05, 0.1) is 38.5 Å². The number of amides is 2. The fraction of sp³-hybridized carbons (Fsp3) is 0.500. The molecule has 1 fully saturated rings. The summed E-state index contributed by atoms with van der Waals surface area (Å²) in [7, 11) is 1.56. The predicted octanol–water partition coefficient (Wildman–Crippen LogP) is 1.46. The van der Waals surface area contributed by atoms with Crippen LogP contribution in [0.25, 0.3) is 0 Å². The van der Waals surface area contributed by atoms with Crippen molar-refractivity contribution in [3.05, 3.63) is 36.0 Å². The highest BCUT2D eigenvalue weighted by atomic mass is 16.5. The van der Waals surface area contributed by atoms with Gasteiger partial charge in [-0.1, -0.05) is 24.2 Å². The van der Waals surface area contributed by atoms with Gasteiger partial charge in [-0.05, 0) is 12.1 Å². The van der Waals surface area contributed by atoms with E-state index >= 15 is 0 Å². The molecule has 2 aromatic rings. The number of carbonyl (C=O) groups excluding carboxylic acids is 2. The first kappa shape index (κ1) is 20.8. The second-order valence-corrected chi connectivity index (χ2v) is 6.77. The van der Waals surface area contributed by atoms with Gasteiger partial charge in [0.25, 0.3) is 0 Å². The quantitative estimate of drug-likeness (QED) is 0.691. The fourth-order valence-corrected chi connectivity index (χ4v) is 3.24. The molecule has 9 nitrogen and oxygen atoms in total. The summed E-state index contributed by atoms with van der Waals surface area (Å²) in [5, 5.41) is 3.88. The lowest BCUT2D eigenvalue weighted by Gasteiger charge is -2.35. The van der Waals surface area contributed by atoms with Crippen LogP contribution in [0.15, 0.2) is 28.8 Å². The van der Waals surface area contributed by atoms with E-state index in [9.17, 15) is 9.59 Å². The second kappa shape index (κ2) is 9.51. The molecule has 0 radical (unpaired) electrons. The molecule has 2 heterocycles. The van der Waals surface area contributed by atoms with Crippen molar-refractivity contribution >= 4 is 17.5 Å². The van der Waals surface area contributed by atoms with E-state index in [2.05, 4.69) is 10.1 Å². The average molecular weight is 402 g/mol. The summed E-state index contributed by atoms with van der Waals surface area (Å²) >= 11 is 0. The molecule has 1 unspecified atom stereocenters. The summed E-state index contributed by atoms with van der Waals surface area (Å²) in [6, 6.07) is 7.29. The van der Waals surface area contributed by atoms with E-state index in [4.69, 9.17) is 14.0 Å². The van der Waals surface area contributed by atoms with Gasteiger partial charge in [0.1, 0.15) is 5.75 Å². The maximum Gasteiger partial charge on any atom is 0.234 e. The zero-order valence-corrected chi connectivity index (χ0v) is 17.0. The predicted molar refractivity (Wildman–Crippen MR) is 105 cm³/mol. The molecule has 1 saturated heterocycles. The maximum absolute atomic E-state index is 13.2. The molecular formula is C20H26N4O5. The number of anilines is 1. The molecule has 0 aliphatic carbocycles. The number of hydrogen-bond donors (Lipinski definition) is 0.